The molecule has 0 aromatic heterocycles. The van der Waals surface area contributed by atoms with Crippen LogP contribution in [0.5, 0.6) is 0 Å². The molecule has 0 aliphatic heterocycles. The van der Waals surface area contributed by atoms with E-state index in [4.69, 9.17) is 0 Å². The summed E-state index contributed by atoms with van der Waals surface area (Å²) >= 11 is 0. The highest BCUT2D eigenvalue weighted by atomic mass is 16.1. The van der Waals surface area contributed by atoms with Gasteiger partial charge in [0.05, 0.1) is 21.1 Å². The molecule has 0 saturated carbocycles. The minimum absolute atomic E-state index is 0.131. The second kappa shape index (κ2) is 3.27. The molecule has 0 spiro atoms. The molecule has 0 fully saturated rings. The molecule has 0 aliphatic carbocycles. The maximum Gasteiger partial charge on any atom is 0.248 e. The molecule has 3 heteroatoms. The third-order valence-electron chi connectivity index (χ3n) is 2.29. The van der Waals surface area contributed by atoms with Crippen molar-refractivity contribution in [3.63, 3.8) is 0 Å². The first-order valence-corrected chi connectivity index (χ1v) is 3.97. The lowest BCUT2D eigenvalue weighted by Crippen LogP contribution is -2.62. The molecule has 0 saturated heterocycles. The zero-order valence-corrected chi connectivity index (χ0v) is 8.64. The average Bonchev–Trinajstić information content (AvgIpc) is 1.84. The van der Waals surface area contributed by atoms with Crippen molar-refractivity contribution >= 4 is 5.91 Å². The summed E-state index contributed by atoms with van der Waals surface area (Å²) in [4.78, 5) is 11.0. The van der Waals surface area contributed by atoms with Gasteiger partial charge in [-0.15, -0.1) is 0 Å². The van der Waals surface area contributed by atoms with Crippen molar-refractivity contribution in [2.45, 2.75) is 19.5 Å². The van der Waals surface area contributed by atoms with Crippen LogP contribution in [0.4, 0.5) is 0 Å². The molecule has 0 rings (SSSR count). The zero-order valence-electron chi connectivity index (χ0n) is 8.64. The Bertz CT molecular complexity index is 189. The van der Waals surface area contributed by atoms with Gasteiger partial charge in [0.1, 0.15) is 0 Å². The zero-order chi connectivity index (χ0) is 9.99. The predicted octanol–water partition coefficient (Wildman–Crippen LogP) is 0.731. The Kier molecular flexibility index (Phi) is 3.04. The second-order valence-electron chi connectivity index (χ2n) is 4.26. The first-order valence-electron chi connectivity index (χ1n) is 3.97. The van der Waals surface area contributed by atoms with Gasteiger partial charge in [0.2, 0.25) is 5.91 Å². The van der Waals surface area contributed by atoms with Crippen molar-refractivity contribution in [1.82, 2.24) is 5.32 Å². The number of hydrogen-bond donors (Lipinski definition) is 1. The number of nitrogens with one attached hydrogen (secondary N) is 1. The molecule has 0 heterocycles. The van der Waals surface area contributed by atoms with Crippen LogP contribution in [0.15, 0.2) is 12.7 Å². The molecule has 0 unspecified atom stereocenters. The molecule has 0 aliphatic rings. The minimum Gasteiger partial charge on any atom is -0.309 e. The number of amides is 1. The largest absolute Gasteiger partial charge is 0.309 e. The molecule has 0 atom stereocenters. The maximum atomic E-state index is 11.0. The summed E-state index contributed by atoms with van der Waals surface area (Å²) in [5, 5.41) is 2.86. The Hall–Kier alpha value is -0.830. The van der Waals surface area contributed by atoms with E-state index in [0.717, 1.165) is 0 Å². The highest BCUT2D eigenvalue weighted by Crippen LogP contribution is 2.12. The Morgan fingerprint density at radius 3 is 2.08 bits per heavy atom. The lowest BCUT2D eigenvalue weighted by molar-refractivity contribution is -0.922. The number of nitrogens with zero attached hydrogens (tertiary/aromatic N) is 1. The van der Waals surface area contributed by atoms with Crippen LogP contribution >= 0.6 is 0 Å². The fourth-order valence-corrected chi connectivity index (χ4v) is 0.520. The summed E-state index contributed by atoms with van der Waals surface area (Å²) in [5.74, 6) is -0.131. The number of carbonyl (C=O) groups excluding carboxylic acids is 1. The first-order chi connectivity index (χ1) is 5.20. The van der Waals surface area contributed by atoms with Crippen LogP contribution < -0.4 is 5.32 Å². The van der Waals surface area contributed by atoms with Crippen LogP contribution in [0, 0.1) is 0 Å². The third-order valence-corrected chi connectivity index (χ3v) is 2.29. The summed E-state index contributed by atoms with van der Waals surface area (Å²) in [7, 11) is 6.09. The van der Waals surface area contributed by atoms with Gasteiger partial charge in [0.25, 0.3) is 0 Å². The smallest absolute Gasteiger partial charge is 0.248 e. The molecule has 0 bridgehead atoms. The van der Waals surface area contributed by atoms with Crippen LogP contribution in [0.25, 0.3) is 0 Å². The molecular weight excluding hydrogens is 152 g/mol. The summed E-state index contributed by atoms with van der Waals surface area (Å²) in [6.07, 6.45) is 1.29. The lowest BCUT2D eigenvalue weighted by Gasteiger charge is -2.41. The standard InChI is InChI=1S/C9H18N2O/c1-7-8(12)10-9(2,3)11(4,5)6/h7H,1H2,2-6H3/p+1. The van der Waals surface area contributed by atoms with Gasteiger partial charge in [-0.2, -0.15) is 0 Å². The van der Waals surface area contributed by atoms with E-state index in [1.54, 1.807) is 0 Å². The van der Waals surface area contributed by atoms with Crippen LogP contribution in [0.1, 0.15) is 13.8 Å². The van der Waals surface area contributed by atoms with Gasteiger partial charge in [0, 0.05) is 13.8 Å². The Labute approximate surface area is 74.7 Å². The summed E-state index contributed by atoms with van der Waals surface area (Å²) in [5.41, 5.74) is -0.273. The molecule has 0 aromatic carbocycles. The maximum absolute atomic E-state index is 11.0. The average molecular weight is 171 g/mol. The van der Waals surface area contributed by atoms with Crippen molar-refractivity contribution in [1.29, 1.82) is 0 Å². The van der Waals surface area contributed by atoms with Crippen molar-refractivity contribution in [2.75, 3.05) is 21.1 Å². The molecule has 0 aromatic rings. The molecular formula is C9H19N2O+. The van der Waals surface area contributed by atoms with Gasteiger partial charge in [0.15, 0.2) is 5.66 Å². The van der Waals surface area contributed by atoms with E-state index in [1.165, 1.54) is 6.08 Å². The van der Waals surface area contributed by atoms with Crippen molar-refractivity contribution in [2.24, 2.45) is 0 Å². The van der Waals surface area contributed by atoms with Gasteiger partial charge in [-0.25, -0.2) is 0 Å². The van der Waals surface area contributed by atoms with Crippen LogP contribution in [-0.4, -0.2) is 37.2 Å². The number of quaternary nitrogens is 1. The van der Waals surface area contributed by atoms with Crippen LogP contribution in [0.2, 0.25) is 0 Å². The topological polar surface area (TPSA) is 29.1 Å². The molecule has 3 nitrogen and oxygen atoms in total. The van der Waals surface area contributed by atoms with Gasteiger partial charge in [-0.05, 0) is 6.08 Å². The van der Waals surface area contributed by atoms with Gasteiger partial charge < -0.3 is 9.80 Å². The fourth-order valence-electron chi connectivity index (χ4n) is 0.520. The summed E-state index contributed by atoms with van der Waals surface area (Å²) < 4.78 is 0.673. The van der Waals surface area contributed by atoms with Crippen LogP contribution in [0.3, 0.4) is 0 Å². The van der Waals surface area contributed by atoms with Gasteiger partial charge in [-0.1, -0.05) is 6.58 Å². The Morgan fingerprint density at radius 1 is 1.42 bits per heavy atom. The van der Waals surface area contributed by atoms with Crippen molar-refractivity contribution in [3.05, 3.63) is 12.7 Å². The van der Waals surface area contributed by atoms with Crippen molar-refractivity contribution < 1.29 is 9.28 Å². The van der Waals surface area contributed by atoms with Crippen molar-refractivity contribution in [3.8, 4) is 0 Å². The van der Waals surface area contributed by atoms with Gasteiger partial charge in [-0.3, -0.25) is 4.79 Å². The predicted molar refractivity (Wildman–Crippen MR) is 50.5 cm³/mol. The number of hydrogen-bond acceptors (Lipinski definition) is 1. The highest BCUT2D eigenvalue weighted by Gasteiger charge is 2.33. The molecule has 12 heavy (non-hydrogen) atoms. The molecule has 1 amide bonds. The minimum atomic E-state index is -0.273. The monoisotopic (exact) mass is 171 g/mol. The van der Waals surface area contributed by atoms with Crippen LogP contribution in [-0.2, 0) is 4.79 Å². The van der Waals surface area contributed by atoms with E-state index < -0.39 is 0 Å². The summed E-state index contributed by atoms with van der Waals surface area (Å²) in [6, 6.07) is 0. The molecule has 1 N–H and O–H groups in total. The van der Waals surface area contributed by atoms with E-state index >= 15 is 0 Å². The highest BCUT2D eigenvalue weighted by molar-refractivity contribution is 5.87. The van der Waals surface area contributed by atoms with E-state index in [-0.39, 0.29) is 11.6 Å². The van der Waals surface area contributed by atoms with Gasteiger partial charge >= 0.3 is 0 Å². The quantitative estimate of drug-likeness (QED) is 0.378. The fraction of sp³-hybridized carbons (Fsp3) is 0.667. The molecule has 0 radical (unpaired) electrons. The van der Waals surface area contributed by atoms with E-state index in [1.807, 2.05) is 35.0 Å². The van der Waals surface area contributed by atoms with E-state index in [9.17, 15) is 4.79 Å². The Balaban J connectivity index is 4.43. The summed E-state index contributed by atoms with van der Waals surface area (Å²) in [6.45, 7) is 7.37. The molecule has 70 valence electrons. The Morgan fingerprint density at radius 2 is 1.83 bits per heavy atom. The first kappa shape index (κ1) is 11.2. The SMILES string of the molecule is C=CC(=O)NC(C)(C)[N+](C)(C)C. The third kappa shape index (κ3) is 2.66. The number of rotatable bonds is 3. The van der Waals surface area contributed by atoms with E-state index in [2.05, 4.69) is 11.9 Å². The normalized spacial score (nSPS) is 12.4. The lowest BCUT2D eigenvalue weighted by atomic mass is 10.2. The second-order valence-corrected chi connectivity index (χ2v) is 4.26. The van der Waals surface area contributed by atoms with E-state index in [0.29, 0.717) is 4.48 Å². The number of carbonyl (C=O) groups is 1.